The first-order valence-electron chi connectivity index (χ1n) is 8.79. The molecular formula is C21H26N2O3. The highest BCUT2D eigenvalue weighted by atomic mass is 16.5. The van der Waals surface area contributed by atoms with E-state index in [9.17, 15) is 9.59 Å². The zero-order chi connectivity index (χ0) is 18.9. The van der Waals surface area contributed by atoms with Crippen molar-refractivity contribution in [3.63, 3.8) is 0 Å². The van der Waals surface area contributed by atoms with Crippen LogP contribution in [-0.2, 0) is 27.3 Å². The minimum absolute atomic E-state index is 0.0187. The molecule has 2 aromatic rings. The van der Waals surface area contributed by atoms with Crippen molar-refractivity contribution in [2.45, 2.75) is 33.2 Å². The predicted molar refractivity (Wildman–Crippen MR) is 100 cm³/mol. The van der Waals surface area contributed by atoms with E-state index in [1.165, 1.54) is 12.7 Å². The average Bonchev–Trinajstić information content (AvgIpc) is 2.66. The molecule has 26 heavy (non-hydrogen) atoms. The Bertz CT molecular complexity index is 714. The quantitative estimate of drug-likeness (QED) is 0.683. The number of rotatable bonds is 8. The van der Waals surface area contributed by atoms with Gasteiger partial charge in [-0.3, -0.25) is 14.6 Å². The number of hydrogen-bond acceptors (Lipinski definition) is 4. The maximum absolute atomic E-state index is 12.8. The molecule has 5 nitrogen and oxygen atoms in total. The zero-order valence-electron chi connectivity index (χ0n) is 15.6. The lowest BCUT2D eigenvalue weighted by Crippen LogP contribution is -2.37. The van der Waals surface area contributed by atoms with Crippen LogP contribution in [-0.4, -0.2) is 35.4 Å². The van der Waals surface area contributed by atoms with Gasteiger partial charge in [-0.15, -0.1) is 0 Å². The number of carbonyl (C=O) groups is 2. The molecule has 1 aromatic carbocycles. The van der Waals surface area contributed by atoms with E-state index in [0.717, 1.165) is 11.1 Å². The summed E-state index contributed by atoms with van der Waals surface area (Å²) in [6.07, 6.45) is 4.51. The Morgan fingerprint density at radius 1 is 1.15 bits per heavy atom. The summed E-state index contributed by atoms with van der Waals surface area (Å²) >= 11 is 0. The van der Waals surface area contributed by atoms with Gasteiger partial charge in [0, 0.05) is 31.9 Å². The second-order valence-corrected chi connectivity index (χ2v) is 6.55. The molecule has 1 unspecified atom stereocenters. The van der Waals surface area contributed by atoms with Crippen LogP contribution in [0.25, 0.3) is 0 Å². The van der Waals surface area contributed by atoms with Crippen molar-refractivity contribution in [3.05, 3.63) is 65.5 Å². The zero-order valence-corrected chi connectivity index (χ0v) is 15.6. The standard InChI is InChI=1S/C21H26N2O3/c1-16-6-8-18(9-7-16)10-11-20(24)23(14-17(2)21(25)26-3)15-19-5-4-12-22-13-19/h4-9,12-13,17H,10-11,14-15H2,1-3H3. The van der Waals surface area contributed by atoms with Crippen LogP contribution in [0.15, 0.2) is 48.8 Å². The molecule has 0 fully saturated rings. The van der Waals surface area contributed by atoms with Gasteiger partial charge in [-0.05, 0) is 30.5 Å². The topological polar surface area (TPSA) is 59.5 Å². The van der Waals surface area contributed by atoms with Crippen LogP contribution < -0.4 is 0 Å². The van der Waals surface area contributed by atoms with Gasteiger partial charge in [0.25, 0.3) is 0 Å². The molecule has 0 saturated carbocycles. The van der Waals surface area contributed by atoms with Crippen LogP contribution in [0.3, 0.4) is 0 Å². The highest BCUT2D eigenvalue weighted by Crippen LogP contribution is 2.12. The van der Waals surface area contributed by atoms with E-state index in [1.54, 1.807) is 24.2 Å². The Morgan fingerprint density at radius 2 is 1.88 bits per heavy atom. The number of ether oxygens (including phenoxy) is 1. The van der Waals surface area contributed by atoms with Gasteiger partial charge in [0.15, 0.2) is 0 Å². The van der Waals surface area contributed by atoms with Crippen LogP contribution in [0.5, 0.6) is 0 Å². The fourth-order valence-electron chi connectivity index (χ4n) is 2.74. The minimum Gasteiger partial charge on any atom is -0.469 e. The summed E-state index contributed by atoms with van der Waals surface area (Å²) in [6, 6.07) is 12.0. The smallest absolute Gasteiger partial charge is 0.310 e. The molecule has 0 radical (unpaired) electrons. The molecule has 0 aliphatic rings. The molecule has 0 spiro atoms. The van der Waals surface area contributed by atoms with E-state index in [4.69, 9.17) is 4.74 Å². The van der Waals surface area contributed by atoms with Crippen LogP contribution in [0.1, 0.15) is 30.0 Å². The van der Waals surface area contributed by atoms with E-state index in [1.807, 2.05) is 43.3 Å². The number of benzene rings is 1. The monoisotopic (exact) mass is 354 g/mol. The Morgan fingerprint density at radius 3 is 2.50 bits per heavy atom. The van der Waals surface area contributed by atoms with E-state index < -0.39 is 0 Å². The first-order chi connectivity index (χ1) is 12.5. The summed E-state index contributed by atoms with van der Waals surface area (Å²) in [5.41, 5.74) is 3.27. The van der Waals surface area contributed by atoms with Gasteiger partial charge in [0.2, 0.25) is 5.91 Å². The molecule has 0 aliphatic heterocycles. The lowest BCUT2D eigenvalue weighted by atomic mass is 10.1. The third-order valence-corrected chi connectivity index (χ3v) is 4.29. The van der Waals surface area contributed by atoms with Crippen molar-refractivity contribution >= 4 is 11.9 Å². The number of carbonyl (C=O) groups excluding carboxylic acids is 2. The van der Waals surface area contributed by atoms with Crippen LogP contribution >= 0.6 is 0 Å². The molecule has 1 heterocycles. The van der Waals surface area contributed by atoms with Gasteiger partial charge in [-0.2, -0.15) is 0 Å². The Balaban J connectivity index is 2.04. The first-order valence-corrected chi connectivity index (χ1v) is 8.79. The summed E-state index contributed by atoms with van der Waals surface area (Å²) in [5.74, 6) is -0.669. The molecule has 0 saturated heterocycles. The molecule has 138 valence electrons. The largest absolute Gasteiger partial charge is 0.469 e. The number of nitrogens with zero attached hydrogens (tertiary/aromatic N) is 2. The number of aryl methyl sites for hydroxylation is 2. The van der Waals surface area contributed by atoms with Crippen LogP contribution in [0, 0.1) is 12.8 Å². The van der Waals surface area contributed by atoms with Crippen molar-refractivity contribution in [2.75, 3.05) is 13.7 Å². The molecule has 1 amide bonds. The van der Waals surface area contributed by atoms with E-state index in [0.29, 0.717) is 25.9 Å². The normalized spacial score (nSPS) is 11.7. The molecule has 0 N–H and O–H groups in total. The fourth-order valence-corrected chi connectivity index (χ4v) is 2.74. The van der Waals surface area contributed by atoms with Gasteiger partial charge in [0.05, 0.1) is 13.0 Å². The van der Waals surface area contributed by atoms with Crippen molar-refractivity contribution in [2.24, 2.45) is 5.92 Å². The third kappa shape index (κ3) is 5.99. The van der Waals surface area contributed by atoms with Gasteiger partial charge in [-0.25, -0.2) is 0 Å². The Labute approximate surface area is 155 Å². The van der Waals surface area contributed by atoms with Crippen molar-refractivity contribution in [1.29, 1.82) is 0 Å². The third-order valence-electron chi connectivity index (χ3n) is 4.29. The molecule has 1 aromatic heterocycles. The average molecular weight is 354 g/mol. The molecule has 0 aliphatic carbocycles. The Hall–Kier alpha value is -2.69. The van der Waals surface area contributed by atoms with Crippen LogP contribution in [0.2, 0.25) is 0 Å². The van der Waals surface area contributed by atoms with Gasteiger partial charge < -0.3 is 9.64 Å². The summed E-state index contributed by atoms with van der Waals surface area (Å²) in [6.45, 7) is 4.57. The summed E-state index contributed by atoms with van der Waals surface area (Å²) in [4.78, 5) is 30.4. The SMILES string of the molecule is COC(=O)C(C)CN(Cc1cccnc1)C(=O)CCc1ccc(C)cc1. The highest BCUT2D eigenvalue weighted by Gasteiger charge is 2.21. The second-order valence-electron chi connectivity index (χ2n) is 6.55. The molecule has 0 bridgehead atoms. The molecule has 2 rings (SSSR count). The second kappa shape index (κ2) is 9.70. The fraction of sp³-hybridized carbons (Fsp3) is 0.381. The van der Waals surface area contributed by atoms with Crippen LogP contribution in [0.4, 0.5) is 0 Å². The number of amides is 1. The maximum atomic E-state index is 12.8. The first kappa shape index (κ1) is 19.6. The van der Waals surface area contributed by atoms with E-state index in [-0.39, 0.29) is 17.8 Å². The van der Waals surface area contributed by atoms with Gasteiger partial charge >= 0.3 is 5.97 Å². The van der Waals surface area contributed by atoms with Crippen molar-refractivity contribution in [1.82, 2.24) is 9.88 Å². The summed E-state index contributed by atoms with van der Waals surface area (Å²) in [7, 11) is 1.36. The molecule has 1 atom stereocenters. The van der Waals surface area contributed by atoms with E-state index >= 15 is 0 Å². The van der Waals surface area contributed by atoms with Gasteiger partial charge in [-0.1, -0.05) is 42.8 Å². The summed E-state index contributed by atoms with van der Waals surface area (Å²) in [5, 5.41) is 0. The highest BCUT2D eigenvalue weighted by molar-refractivity contribution is 5.78. The van der Waals surface area contributed by atoms with E-state index in [2.05, 4.69) is 4.98 Å². The lowest BCUT2D eigenvalue weighted by molar-refractivity contribution is -0.146. The number of esters is 1. The minimum atomic E-state index is -0.375. The number of pyridine rings is 1. The number of hydrogen-bond donors (Lipinski definition) is 0. The summed E-state index contributed by atoms with van der Waals surface area (Å²) < 4.78 is 4.79. The van der Waals surface area contributed by atoms with Gasteiger partial charge in [0.1, 0.15) is 0 Å². The number of aromatic nitrogens is 1. The predicted octanol–water partition coefficient (Wildman–Crippen LogP) is 3.16. The number of methoxy groups -OCH3 is 1. The maximum Gasteiger partial charge on any atom is 0.310 e. The molecule has 5 heteroatoms. The van der Waals surface area contributed by atoms with Crippen molar-refractivity contribution < 1.29 is 14.3 Å². The Kier molecular flexibility index (Phi) is 7.33. The van der Waals surface area contributed by atoms with Crippen molar-refractivity contribution in [3.8, 4) is 0 Å². The molecular weight excluding hydrogens is 328 g/mol. The lowest BCUT2D eigenvalue weighted by Gasteiger charge is -2.25.